The third-order valence-electron chi connectivity index (χ3n) is 8.18. The Kier molecular flexibility index (Phi) is 8.70. The van der Waals surface area contributed by atoms with E-state index in [0.717, 1.165) is 37.0 Å². The number of nitrogens with zero attached hydrogens (tertiary/aromatic N) is 3. The Morgan fingerprint density at radius 3 is 2.15 bits per heavy atom. The van der Waals surface area contributed by atoms with Crippen LogP contribution < -0.4 is 5.69 Å². The van der Waals surface area contributed by atoms with Gasteiger partial charge in [0.05, 0.1) is 11.0 Å². The molecular formula is C33H40N4O3. The number of carbonyl (C=O) groups is 1. The number of hydrogen-bond acceptors (Lipinski definition) is 3. The number of piperidine rings is 1. The van der Waals surface area contributed by atoms with Crippen LogP contribution in [0.5, 0.6) is 0 Å². The van der Waals surface area contributed by atoms with E-state index < -0.39 is 6.09 Å². The number of imidazole rings is 1. The molecule has 2 N–H and O–H groups in total. The van der Waals surface area contributed by atoms with Gasteiger partial charge in [-0.25, -0.2) is 9.59 Å². The lowest BCUT2D eigenvalue weighted by Gasteiger charge is -2.42. The molecule has 0 aliphatic carbocycles. The quantitative estimate of drug-likeness (QED) is 0.240. The molecule has 2 unspecified atom stereocenters. The molecule has 4 aromatic rings. The van der Waals surface area contributed by atoms with Crippen molar-refractivity contribution in [3.05, 3.63) is 107 Å². The molecule has 3 atom stereocenters. The van der Waals surface area contributed by atoms with Crippen LogP contribution in [0, 0.1) is 5.92 Å². The molecule has 0 spiro atoms. The Balaban J connectivity index is 1.46. The number of H-pyrrole nitrogens is 1. The highest BCUT2D eigenvalue weighted by Gasteiger charge is 2.36. The topological polar surface area (TPSA) is 81.6 Å². The number of nitrogens with one attached hydrogen (secondary N) is 1. The lowest BCUT2D eigenvalue weighted by Crippen LogP contribution is -2.50. The minimum Gasteiger partial charge on any atom is -0.465 e. The monoisotopic (exact) mass is 540 g/mol. The number of para-hydroxylation sites is 2. The fourth-order valence-electron chi connectivity index (χ4n) is 6.38. The van der Waals surface area contributed by atoms with Gasteiger partial charge in [0, 0.05) is 37.8 Å². The molecule has 1 saturated heterocycles. The smallest absolute Gasteiger partial charge is 0.407 e. The van der Waals surface area contributed by atoms with Crippen LogP contribution in [-0.2, 0) is 13.1 Å². The summed E-state index contributed by atoms with van der Waals surface area (Å²) in [5, 5.41) is 10.2. The predicted molar refractivity (Wildman–Crippen MR) is 159 cm³/mol. The number of hydrogen-bond donors (Lipinski definition) is 2. The maximum Gasteiger partial charge on any atom is 0.407 e. The second kappa shape index (κ2) is 12.6. The van der Waals surface area contributed by atoms with Crippen LogP contribution in [0.25, 0.3) is 11.0 Å². The number of aromatic nitrogens is 2. The molecule has 7 heteroatoms. The molecule has 0 radical (unpaired) electrons. The molecule has 40 heavy (non-hydrogen) atoms. The number of rotatable bonds is 10. The minimum atomic E-state index is -0.879. The highest BCUT2D eigenvalue weighted by molar-refractivity contribution is 5.75. The third kappa shape index (κ3) is 6.48. The molecule has 1 aliphatic rings. The van der Waals surface area contributed by atoms with Gasteiger partial charge in [0.2, 0.25) is 0 Å². The molecule has 0 bridgehead atoms. The van der Waals surface area contributed by atoms with Gasteiger partial charge in [-0.3, -0.25) is 9.47 Å². The van der Waals surface area contributed by atoms with E-state index >= 15 is 0 Å². The molecule has 2 heterocycles. The zero-order chi connectivity index (χ0) is 28.1. The first kappa shape index (κ1) is 27.7. The molecular weight excluding hydrogens is 500 g/mol. The van der Waals surface area contributed by atoms with E-state index in [2.05, 4.69) is 72.3 Å². The Morgan fingerprint density at radius 2 is 1.55 bits per heavy atom. The van der Waals surface area contributed by atoms with Crippen LogP contribution in [-0.4, -0.2) is 49.2 Å². The summed E-state index contributed by atoms with van der Waals surface area (Å²) in [6.07, 6.45) is 2.04. The summed E-state index contributed by atoms with van der Waals surface area (Å²) in [6.45, 7) is 6.47. The van der Waals surface area contributed by atoms with Crippen LogP contribution in [0.1, 0.15) is 56.7 Å². The lowest BCUT2D eigenvalue weighted by molar-refractivity contribution is 0.0604. The van der Waals surface area contributed by atoms with Crippen molar-refractivity contribution in [2.45, 2.75) is 70.7 Å². The zero-order valence-electron chi connectivity index (χ0n) is 23.4. The van der Waals surface area contributed by atoms with E-state index in [0.29, 0.717) is 25.3 Å². The summed E-state index contributed by atoms with van der Waals surface area (Å²) in [6, 6.07) is 28.7. The number of likely N-dealkylation sites (tertiary alicyclic amines) is 1. The summed E-state index contributed by atoms with van der Waals surface area (Å²) in [5.41, 5.74) is 4.07. The first-order valence-corrected chi connectivity index (χ1v) is 14.4. The maximum absolute atomic E-state index is 13.0. The normalized spacial score (nSPS) is 18.4. The summed E-state index contributed by atoms with van der Waals surface area (Å²) in [5.74, 6) is 0.452. The summed E-state index contributed by atoms with van der Waals surface area (Å²) < 4.78 is 1.85. The fraction of sp³-hybridized carbons (Fsp3) is 0.394. The van der Waals surface area contributed by atoms with E-state index in [4.69, 9.17) is 0 Å². The van der Waals surface area contributed by atoms with Crippen molar-refractivity contribution >= 4 is 17.1 Å². The van der Waals surface area contributed by atoms with Gasteiger partial charge in [-0.15, -0.1) is 0 Å². The van der Waals surface area contributed by atoms with Crippen molar-refractivity contribution < 1.29 is 9.90 Å². The van der Waals surface area contributed by atoms with Crippen molar-refractivity contribution in [2.24, 2.45) is 5.92 Å². The first-order valence-electron chi connectivity index (χ1n) is 14.4. The van der Waals surface area contributed by atoms with E-state index in [1.807, 2.05) is 41.0 Å². The summed E-state index contributed by atoms with van der Waals surface area (Å²) in [4.78, 5) is 32.6. The van der Waals surface area contributed by atoms with E-state index in [1.165, 1.54) is 11.1 Å². The highest BCUT2D eigenvalue weighted by Crippen LogP contribution is 2.33. The molecule has 1 amide bonds. The first-order chi connectivity index (χ1) is 19.4. The SMILES string of the molecule is CC(C)CC(C[C@H]1CC(n2c(=O)[nH]c3ccccc32)CCN1C(=O)O)N(Cc1ccccc1)Cc1ccccc1. The van der Waals surface area contributed by atoms with Crippen LogP contribution in [0.15, 0.2) is 89.7 Å². The van der Waals surface area contributed by atoms with Crippen molar-refractivity contribution in [1.82, 2.24) is 19.4 Å². The number of aromatic amines is 1. The lowest BCUT2D eigenvalue weighted by atomic mass is 9.88. The standard InChI is InChI=1S/C33H40N4O3/c1-24(2)19-28(35(22-25-11-5-3-6-12-25)23-26-13-7-4-8-14-26)21-29-20-27(17-18-36(29)33(39)40)37-31-16-10-9-15-30(31)34-32(37)38/h3-16,24,27-29H,17-23H2,1-2H3,(H,34,38)(H,39,40)/t27?,28?,29-/m1/s1. The van der Waals surface area contributed by atoms with Gasteiger partial charge in [0.1, 0.15) is 0 Å². The zero-order valence-corrected chi connectivity index (χ0v) is 23.4. The Hall–Kier alpha value is -3.84. The minimum absolute atomic E-state index is 0.0550. The molecule has 3 aromatic carbocycles. The molecule has 1 aliphatic heterocycles. The largest absolute Gasteiger partial charge is 0.465 e. The van der Waals surface area contributed by atoms with Crippen LogP contribution in [0.3, 0.4) is 0 Å². The number of fused-ring (bicyclic) bond motifs is 1. The predicted octanol–water partition coefficient (Wildman–Crippen LogP) is 6.52. The summed E-state index contributed by atoms with van der Waals surface area (Å²) >= 11 is 0. The average molecular weight is 541 g/mol. The maximum atomic E-state index is 13.0. The van der Waals surface area contributed by atoms with Gasteiger partial charge in [0.15, 0.2) is 0 Å². The fourth-order valence-corrected chi connectivity index (χ4v) is 6.38. The number of amides is 1. The van der Waals surface area contributed by atoms with Gasteiger partial charge in [-0.2, -0.15) is 0 Å². The van der Waals surface area contributed by atoms with Crippen molar-refractivity contribution in [3.63, 3.8) is 0 Å². The van der Waals surface area contributed by atoms with Crippen LogP contribution >= 0.6 is 0 Å². The second-order valence-electron chi connectivity index (χ2n) is 11.5. The molecule has 5 rings (SSSR count). The molecule has 0 saturated carbocycles. The highest BCUT2D eigenvalue weighted by atomic mass is 16.4. The van der Waals surface area contributed by atoms with E-state index in [9.17, 15) is 14.7 Å². The third-order valence-corrected chi connectivity index (χ3v) is 8.18. The van der Waals surface area contributed by atoms with Crippen molar-refractivity contribution in [2.75, 3.05) is 6.54 Å². The van der Waals surface area contributed by atoms with Crippen LogP contribution in [0.4, 0.5) is 4.79 Å². The molecule has 7 nitrogen and oxygen atoms in total. The van der Waals surface area contributed by atoms with Gasteiger partial charge >= 0.3 is 11.8 Å². The van der Waals surface area contributed by atoms with Gasteiger partial charge in [-0.1, -0.05) is 86.6 Å². The summed E-state index contributed by atoms with van der Waals surface area (Å²) in [7, 11) is 0. The van der Waals surface area contributed by atoms with Gasteiger partial charge < -0.3 is 15.0 Å². The van der Waals surface area contributed by atoms with E-state index in [1.54, 1.807) is 4.90 Å². The molecule has 1 aromatic heterocycles. The van der Waals surface area contributed by atoms with Gasteiger partial charge in [-0.05, 0) is 54.9 Å². The molecule has 210 valence electrons. The van der Waals surface area contributed by atoms with E-state index in [-0.39, 0.29) is 23.8 Å². The van der Waals surface area contributed by atoms with Gasteiger partial charge in [0.25, 0.3) is 0 Å². The van der Waals surface area contributed by atoms with Crippen molar-refractivity contribution in [1.29, 1.82) is 0 Å². The Labute approximate surface area is 236 Å². The average Bonchev–Trinajstić information content (AvgIpc) is 3.28. The molecule has 1 fully saturated rings. The van der Waals surface area contributed by atoms with Crippen LogP contribution in [0.2, 0.25) is 0 Å². The number of benzene rings is 3. The number of carboxylic acid groups (broad SMARTS) is 1. The van der Waals surface area contributed by atoms with Crippen molar-refractivity contribution in [3.8, 4) is 0 Å². The second-order valence-corrected chi connectivity index (χ2v) is 11.5. The Morgan fingerprint density at radius 1 is 0.950 bits per heavy atom. The Bertz CT molecular complexity index is 1410.